The van der Waals surface area contributed by atoms with Gasteiger partial charge >= 0.3 is 0 Å². The van der Waals surface area contributed by atoms with E-state index in [1.54, 1.807) is 12.1 Å². The van der Waals surface area contributed by atoms with Crippen LogP contribution in [0.4, 0.5) is 4.39 Å². The molecule has 1 N–H and O–H groups in total. The topological polar surface area (TPSA) is 15.3 Å². The van der Waals surface area contributed by atoms with Gasteiger partial charge in [0.1, 0.15) is 5.82 Å². The monoisotopic (exact) mass is 356 g/mol. The maximum Gasteiger partial charge on any atom is 0.127 e. The minimum Gasteiger partial charge on any atom is -0.310 e. The SMILES string of the molecule is CCC1(CC)CN(Cc2cc(Br)ccc2F)C(C)CCN1. The number of nitrogens with one attached hydrogen (secondary N) is 1. The first-order chi connectivity index (χ1) is 9.99. The minimum absolute atomic E-state index is 0.110. The molecule has 1 fully saturated rings. The highest BCUT2D eigenvalue weighted by molar-refractivity contribution is 9.10. The quantitative estimate of drug-likeness (QED) is 0.863. The summed E-state index contributed by atoms with van der Waals surface area (Å²) in [5.74, 6) is -0.110. The van der Waals surface area contributed by atoms with Gasteiger partial charge in [0.25, 0.3) is 0 Å². The first-order valence-corrected chi connectivity index (χ1v) is 8.72. The smallest absolute Gasteiger partial charge is 0.127 e. The summed E-state index contributed by atoms with van der Waals surface area (Å²) in [6.07, 6.45) is 3.32. The Morgan fingerprint density at radius 3 is 2.76 bits per heavy atom. The van der Waals surface area contributed by atoms with Crippen LogP contribution in [0.15, 0.2) is 22.7 Å². The van der Waals surface area contributed by atoms with Crippen molar-refractivity contribution in [3.05, 3.63) is 34.1 Å². The van der Waals surface area contributed by atoms with Gasteiger partial charge in [0, 0.05) is 34.7 Å². The summed E-state index contributed by atoms with van der Waals surface area (Å²) in [5.41, 5.74) is 0.937. The van der Waals surface area contributed by atoms with Crippen molar-refractivity contribution in [2.45, 2.75) is 58.2 Å². The first-order valence-electron chi connectivity index (χ1n) is 7.92. The Morgan fingerprint density at radius 2 is 2.10 bits per heavy atom. The molecule has 1 aliphatic rings. The van der Waals surface area contributed by atoms with Crippen LogP contribution in [0.5, 0.6) is 0 Å². The van der Waals surface area contributed by atoms with Crippen molar-refractivity contribution >= 4 is 15.9 Å². The van der Waals surface area contributed by atoms with Crippen LogP contribution in [0.2, 0.25) is 0 Å². The standard InChI is InChI=1S/C17H26BrFN2/c1-4-17(5-2)12-21(13(3)8-9-20-17)11-14-10-15(18)6-7-16(14)19/h6-7,10,13,20H,4-5,8-9,11-12H2,1-3H3. The molecule has 0 spiro atoms. The molecule has 1 unspecified atom stereocenters. The molecule has 1 aromatic carbocycles. The van der Waals surface area contributed by atoms with Crippen LogP contribution in [0.25, 0.3) is 0 Å². The van der Waals surface area contributed by atoms with Gasteiger partial charge < -0.3 is 5.32 Å². The molecular weight excluding hydrogens is 331 g/mol. The molecule has 1 heterocycles. The van der Waals surface area contributed by atoms with Crippen LogP contribution in [0.1, 0.15) is 45.6 Å². The van der Waals surface area contributed by atoms with E-state index < -0.39 is 0 Å². The Kier molecular flexibility index (Phi) is 5.81. The summed E-state index contributed by atoms with van der Waals surface area (Å²) < 4.78 is 15.0. The van der Waals surface area contributed by atoms with Crippen molar-refractivity contribution in [1.29, 1.82) is 0 Å². The van der Waals surface area contributed by atoms with Gasteiger partial charge in [0.05, 0.1) is 0 Å². The zero-order valence-electron chi connectivity index (χ0n) is 13.3. The van der Waals surface area contributed by atoms with Gasteiger partial charge in [-0.2, -0.15) is 0 Å². The molecule has 0 aromatic heterocycles. The van der Waals surface area contributed by atoms with Gasteiger partial charge in [0.15, 0.2) is 0 Å². The van der Waals surface area contributed by atoms with Crippen molar-refractivity contribution in [2.75, 3.05) is 13.1 Å². The minimum atomic E-state index is -0.110. The molecular formula is C17H26BrFN2. The van der Waals surface area contributed by atoms with E-state index >= 15 is 0 Å². The van der Waals surface area contributed by atoms with Crippen molar-refractivity contribution in [2.24, 2.45) is 0 Å². The van der Waals surface area contributed by atoms with Crippen LogP contribution in [0.3, 0.4) is 0 Å². The molecule has 0 radical (unpaired) electrons. The van der Waals surface area contributed by atoms with Gasteiger partial charge in [-0.25, -0.2) is 4.39 Å². The highest BCUT2D eigenvalue weighted by Gasteiger charge is 2.33. The highest BCUT2D eigenvalue weighted by Crippen LogP contribution is 2.25. The molecule has 1 saturated heterocycles. The number of hydrogen-bond donors (Lipinski definition) is 1. The van der Waals surface area contributed by atoms with Crippen LogP contribution < -0.4 is 5.32 Å². The molecule has 0 bridgehead atoms. The average Bonchev–Trinajstić information content (AvgIpc) is 2.63. The molecule has 2 nitrogen and oxygen atoms in total. The van der Waals surface area contributed by atoms with E-state index in [4.69, 9.17) is 0 Å². The molecule has 1 atom stereocenters. The Balaban J connectivity index is 2.21. The number of rotatable bonds is 4. The number of benzene rings is 1. The zero-order valence-corrected chi connectivity index (χ0v) is 14.8. The van der Waals surface area contributed by atoms with Gasteiger partial charge in [0.2, 0.25) is 0 Å². The summed E-state index contributed by atoms with van der Waals surface area (Å²) >= 11 is 3.44. The van der Waals surface area contributed by atoms with E-state index in [0.29, 0.717) is 12.6 Å². The lowest BCUT2D eigenvalue weighted by Gasteiger charge is -2.37. The fraction of sp³-hybridized carbons (Fsp3) is 0.647. The average molecular weight is 357 g/mol. The summed E-state index contributed by atoms with van der Waals surface area (Å²) in [6.45, 7) is 9.43. The molecule has 0 amide bonds. The van der Waals surface area contributed by atoms with Gasteiger partial charge in [-0.1, -0.05) is 29.8 Å². The first kappa shape index (κ1) is 16.9. The highest BCUT2D eigenvalue weighted by atomic mass is 79.9. The summed E-state index contributed by atoms with van der Waals surface area (Å²) in [6, 6.07) is 5.68. The Bertz CT molecular complexity index is 474. The van der Waals surface area contributed by atoms with Gasteiger partial charge in [-0.3, -0.25) is 4.90 Å². The Labute approximate surface area is 136 Å². The fourth-order valence-electron chi connectivity index (χ4n) is 3.15. The molecule has 21 heavy (non-hydrogen) atoms. The maximum absolute atomic E-state index is 14.0. The summed E-state index contributed by atoms with van der Waals surface area (Å²) in [5, 5.41) is 3.72. The summed E-state index contributed by atoms with van der Waals surface area (Å²) in [4.78, 5) is 2.43. The predicted molar refractivity (Wildman–Crippen MR) is 89.9 cm³/mol. The Hall–Kier alpha value is -0.450. The normalized spacial score (nSPS) is 23.0. The maximum atomic E-state index is 14.0. The molecule has 0 saturated carbocycles. The van der Waals surface area contributed by atoms with Crippen LogP contribution >= 0.6 is 15.9 Å². The Morgan fingerprint density at radius 1 is 1.38 bits per heavy atom. The zero-order chi connectivity index (χ0) is 15.5. The lowest BCUT2D eigenvalue weighted by Crippen LogP contribution is -2.51. The van der Waals surface area contributed by atoms with Crippen molar-refractivity contribution in [3.8, 4) is 0 Å². The molecule has 1 aliphatic heterocycles. The third-order valence-corrected chi connectivity index (χ3v) is 5.42. The van der Waals surface area contributed by atoms with E-state index in [2.05, 4.69) is 46.9 Å². The fourth-order valence-corrected chi connectivity index (χ4v) is 3.56. The molecule has 118 valence electrons. The van der Waals surface area contributed by atoms with Crippen molar-refractivity contribution in [3.63, 3.8) is 0 Å². The molecule has 0 aliphatic carbocycles. The largest absolute Gasteiger partial charge is 0.310 e. The van der Waals surface area contributed by atoms with Crippen molar-refractivity contribution in [1.82, 2.24) is 10.2 Å². The predicted octanol–water partition coefficient (Wildman–Crippen LogP) is 4.33. The summed E-state index contributed by atoms with van der Waals surface area (Å²) in [7, 11) is 0. The van der Waals surface area contributed by atoms with Crippen molar-refractivity contribution < 1.29 is 4.39 Å². The van der Waals surface area contributed by atoms with E-state index in [1.807, 2.05) is 6.07 Å². The third kappa shape index (κ3) is 4.05. The third-order valence-electron chi connectivity index (χ3n) is 4.93. The number of hydrogen-bond acceptors (Lipinski definition) is 2. The van der Waals surface area contributed by atoms with E-state index in [0.717, 1.165) is 42.4 Å². The lowest BCUT2D eigenvalue weighted by atomic mass is 9.92. The van der Waals surface area contributed by atoms with E-state index in [-0.39, 0.29) is 11.4 Å². The number of halogens is 2. The van der Waals surface area contributed by atoms with Gasteiger partial charge in [-0.05, 0) is 50.9 Å². The van der Waals surface area contributed by atoms with Crippen LogP contribution in [-0.4, -0.2) is 29.6 Å². The molecule has 1 aromatic rings. The second-order valence-electron chi connectivity index (χ2n) is 6.19. The lowest BCUT2D eigenvalue weighted by molar-refractivity contribution is 0.150. The number of nitrogens with zero attached hydrogens (tertiary/aromatic N) is 1. The second-order valence-corrected chi connectivity index (χ2v) is 7.11. The van der Waals surface area contributed by atoms with Crippen LogP contribution in [0, 0.1) is 5.82 Å². The van der Waals surface area contributed by atoms with Crippen LogP contribution in [-0.2, 0) is 6.54 Å². The molecule has 4 heteroatoms. The van der Waals surface area contributed by atoms with E-state index in [9.17, 15) is 4.39 Å². The molecule has 2 rings (SSSR count). The van der Waals surface area contributed by atoms with Gasteiger partial charge in [-0.15, -0.1) is 0 Å². The van der Waals surface area contributed by atoms with E-state index in [1.165, 1.54) is 0 Å². The second kappa shape index (κ2) is 7.21.